The fourth-order valence-corrected chi connectivity index (χ4v) is 4.16. The Hall–Kier alpha value is -1.49. The summed E-state index contributed by atoms with van der Waals surface area (Å²) in [7, 11) is -3.74. The quantitative estimate of drug-likeness (QED) is 0.708. The molecule has 3 aromatic rings. The third-order valence-electron chi connectivity index (χ3n) is 2.99. The van der Waals surface area contributed by atoms with Crippen molar-refractivity contribution >= 4 is 44.1 Å². The molecule has 0 aliphatic heterocycles. The molecule has 0 aliphatic rings. The van der Waals surface area contributed by atoms with E-state index in [0.717, 1.165) is 5.39 Å². The molecule has 0 spiro atoms. The highest BCUT2D eigenvalue weighted by Crippen LogP contribution is 2.29. The second kappa shape index (κ2) is 4.81. The zero-order valence-electron chi connectivity index (χ0n) is 10.1. The summed E-state index contributed by atoms with van der Waals surface area (Å²) < 4.78 is 26.6. The van der Waals surface area contributed by atoms with E-state index in [1.807, 2.05) is 12.1 Å². The van der Waals surface area contributed by atoms with Crippen LogP contribution in [0.2, 0.25) is 10.0 Å². The molecule has 3 rings (SSSR count). The predicted octanol–water partition coefficient (Wildman–Crippen LogP) is 4.19. The summed E-state index contributed by atoms with van der Waals surface area (Å²) in [5.41, 5.74) is 0.610. The minimum absolute atomic E-state index is 0.0323. The lowest BCUT2D eigenvalue weighted by molar-refractivity contribution is 0.589. The molecule has 0 amide bonds. The fourth-order valence-electron chi connectivity index (χ4n) is 2.06. The first-order chi connectivity index (χ1) is 9.50. The molecule has 0 saturated heterocycles. The van der Waals surface area contributed by atoms with Crippen molar-refractivity contribution in [1.82, 2.24) is 3.97 Å². The number of benzene rings is 2. The van der Waals surface area contributed by atoms with Gasteiger partial charge in [0.2, 0.25) is 0 Å². The van der Waals surface area contributed by atoms with Gasteiger partial charge in [-0.2, -0.15) is 0 Å². The third kappa shape index (κ3) is 2.10. The molecule has 0 fully saturated rings. The van der Waals surface area contributed by atoms with Gasteiger partial charge in [0.1, 0.15) is 4.90 Å². The fraction of sp³-hybridized carbons (Fsp3) is 0. The molecule has 20 heavy (non-hydrogen) atoms. The molecule has 6 heteroatoms. The molecule has 0 bridgehead atoms. The van der Waals surface area contributed by atoms with Gasteiger partial charge in [-0.3, -0.25) is 0 Å². The highest BCUT2D eigenvalue weighted by atomic mass is 35.5. The highest BCUT2D eigenvalue weighted by Gasteiger charge is 2.21. The van der Waals surface area contributed by atoms with Crippen molar-refractivity contribution in [3.8, 4) is 0 Å². The van der Waals surface area contributed by atoms with E-state index in [0.29, 0.717) is 10.5 Å². The van der Waals surface area contributed by atoms with Gasteiger partial charge in [-0.15, -0.1) is 0 Å². The van der Waals surface area contributed by atoms with Crippen LogP contribution in [0.4, 0.5) is 0 Å². The van der Waals surface area contributed by atoms with Gasteiger partial charge in [-0.05, 0) is 30.3 Å². The van der Waals surface area contributed by atoms with Gasteiger partial charge in [0.15, 0.2) is 0 Å². The van der Waals surface area contributed by atoms with Gasteiger partial charge in [-0.1, -0.05) is 41.4 Å². The minimum atomic E-state index is -3.74. The normalized spacial score (nSPS) is 11.9. The molecule has 1 heterocycles. The van der Waals surface area contributed by atoms with Gasteiger partial charge in [0.25, 0.3) is 10.0 Å². The van der Waals surface area contributed by atoms with Crippen LogP contribution in [0.1, 0.15) is 0 Å². The van der Waals surface area contributed by atoms with Gasteiger partial charge >= 0.3 is 0 Å². The van der Waals surface area contributed by atoms with Gasteiger partial charge in [0.05, 0.1) is 10.5 Å². The number of hydrogen-bond acceptors (Lipinski definition) is 2. The minimum Gasteiger partial charge on any atom is -0.241 e. The number of nitrogens with zero attached hydrogens (tertiary/aromatic N) is 1. The molecule has 0 N–H and O–H groups in total. The largest absolute Gasteiger partial charge is 0.269 e. The summed E-state index contributed by atoms with van der Waals surface area (Å²) >= 11 is 11.8. The number of aromatic nitrogens is 1. The van der Waals surface area contributed by atoms with Gasteiger partial charge < -0.3 is 0 Å². The number of rotatable bonds is 2. The van der Waals surface area contributed by atoms with Crippen LogP contribution in [-0.4, -0.2) is 12.4 Å². The van der Waals surface area contributed by atoms with Crippen molar-refractivity contribution in [2.45, 2.75) is 4.90 Å². The Morgan fingerprint density at radius 3 is 2.45 bits per heavy atom. The molecule has 1 aromatic heterocycles. The number of para-hydroxylation sites is 1. The summed E-state index contributed by atoms with van der Waals surface area (Å²) in [6.45, 7) is 0. The second-order valence-corrected chi connectivity index (χ2v) is 6.88. The first-order valence-corrected chi connectivity index (χ1v) is 7.96. The van der Waals surface area contributed by atoms with Gasteiger partial charge in [-0.25, -0.2) is 12.4 Å². The van der Waals surface area contributed by atoms with E-state index in [9.17, 15) is 8.42 Å². The number of hydrogen-bond donors (Lipinski definition) is 0. The van der Waals surface area contributed by atoms with Crippen molar-refractivity contribution in [2.24, 2.45) is 0 Å². The van der Waals surface area contributed by atoms with E-state index in [2.05, 4.69) is 0 Å². The Kier molecular flexibility index (Phi) is 3.24. The van der Waals surface area contributed by atoms with Crippen LogP contribution >= 0.6 is 23.2 Å². The number of halogens is 2. The molecule has 102 valence electrons. The standard InChI is InChI=1S/C14H9Cl2NO2S/c15-11-5-6-14(12(16)9-11)20(18,19)17-8-7-10-3-1-2-4-13(10)17/h1-9H. The SMILES string of the molecule is O=S(=O)(c1ccc(Cl)cc1Cl)n1ccc2ccccc21. The van der Waals surface area contributed by atoms with Gasteiger partial charge in [0, 0.05) is 16.6 Å². The maximum absolute atomic E-state index is 12.7. The lowest BCUT2D eigenvalue weighted by Crippen LogP contribution is -2.12. The summed E-state index contributed by atoms with van der Waals surface area (Å²) in [5, 5.41) is 1.35. The Bertz CT molecular complexity index is 900. The lowest BCUT2D eigenvalue weighted by Gasteiger charge is -2.09. The Morgan fingerprint density at radius 1 is 0.950 bits per heavy atom. The molecule has 0 saturated carbocycles. The summed E-state index contributed by atoms with van der Waals surface area (Å²) in [6, 6.07) is 13.3. The van der Waals surface area contributed by atoms with Crippen molar-refractivity contribution in [1.29, 1.82) is 0 Å². The van der Waals surface area contributed by atoms with Crippen LogP contribution in [-0.2, 0) is 10.0 Å². The molecule has 0 unspecified atom stereocenters. The van der Waals surface area contributed by atoms with E-state index in [4.69, 9.17) is 23.2 Å². The molecule has 3 nitrogen and oxygen atoms in total. The van der Waals surface area contributed by atoms with E-state index in [1.165, 1.54) is 28.4 Å². The Balaban J connectivity index is 2.26. The number of fused-ring (bicyclic) bond motifs is 1. The summed E-state index contributed by atoms with van der Waals surface area (Å²) in [4.78, 5) is 0.0323. The van der Waals surface area contributed by atoms with Crippen molar-refractivity contribution in [3.05, 3.63) is 64.8 Å². The van der Waals surface area contributed by atoms with Crippen LogP contribution in [0.15, 0.2) is 59.6 Å². The molecule has 0 radical (unpaired) electrons. The predicted molar refractivity (Wildman–Crippen MR) is 81.0 cm³/mol. The smallest absolute Gasteiger partial charge is 0.241 e. The van der Waals surface area contributed by atoms with Crippen LogP contribution in [0.25, 0.3) is 10.9 Å². The zero-order chi connectivity index (χ0) is 14.3. The molecule has 2 aromatic carbocycles. The topological polar surface area (TPSA) is 39.1 Å². The first kappa shape index (κ1) is 13.5. The highest BCUT2D eigenvalue weighted by molar-refractivity contribution is 7.90. The summed E-state index contributed by atoms with van der Waals surface area (Å²) in [6.07, 6.45) is 1.52. The zero-order valence-corrected chi connectivity index (χ0v) is 12.5. The van der Waals surface area contributed by atoms with Crippen LogP contribution in [0.5, 0.6) is 0 Å². The van der Waals surface area contributed by atoms with E-state index in [1.54, 1.807) is 18.2 Å². The summed E-state index contributed by atoms with van der Waals surface area (Å²) in [5.74, 6) is 0. The van der Waals surface area contributed by atoms with E-state index < -0.39 is 10.0 Å². The maximum Gasteiger partial charge on any atom is 0.269 e. The van der Waals surface area contributed by atoms with Crippen molar-refractivity contribution in [2.75, 3.05) is 0 Å². The third-order valence-corrected chi connectivity index (χ3v) is 5.40. The van der Waals surface area contributed by atoms with E-state index in [-0.39, 0.29) is 9.92 Å². The second-order valence-electron chi connectivity index (χ2n) is 4.25. The first-order valence-electron chi connectivity index (χ1n) is 5.77. The van der Waals surface area contributed by atoms with Crippen LogP contribution in [0.3, 0.4) is 0 Å². The Labute approximate surface area is 126 Å². The monoisotopic (exact) mass is 325 g/mol. The van der Waals surface area contributed by atoms with Crippen LogP contribution in [0, 0.1) is 0 Å². The van der Waals surface area contributed by atoms with Crippen molar-refractivity contribution < 1.29 is 8.42 Å². The van der Waals surface area contributed by atoms with Crippen LogP contribution < -0.4 is 0 Å². The maximum atomic E-state index is 12.7. The molecule has 0 atom stereocenters. The molecular formula is C14H9Cl2NO2S. The lowest BCUT2D eigenvalue weighted by atomic mass is 10.3. The Morgan fingerprint density at radius 2 is 1.70 bits per heavy atom. The molecular weight excluding hydrogens is 317 g/mol. The average molecular weight is 326 g/mol. The average Bonchev–Trinajstić information content (AvgIpc) is 2.82. The van der Waals surface area contributed by atoms with E-state index >= 15 is 0 Å². The molecule has 0 aliphatic carbocycles. The van der Waals surface area contributed by atoms with Crippen molar-refractivity contribution in [3.63, 3.8) is 0 Å².